The second-order valence-electron chi connectivity index (χ2n) is 4.64. The molecule has 114 valence electrons. The highest BCUT2D eigenvalue weighted by Crippen LogP contribution is 2.17. The number of aliphatic hydroxyl groups is 1. The van der Waals surface area contributed by atoms with Gasteiger partial charge in [-0.3, -0.25) is 4.79 Å². The molecule has 0 saturated carbocycles. The molecule has 1 amide bonds. The number of aromatic nitrogens is 2. The van der Waals surface area contributed by atoms with E-state index in [1.54, 1.807) is 4.90 Å². The summed E-state index contributed by atoms with van der Waals surface area (Å²) in [5, 5.41) is 16.7. The van der Waals surface area contributed by atoms with Crippen LogP contribution in [0.15, 0.2) is 0 Å². The molecule has 0 fully saturated rings. The molecule has 1 rings (SSSR count). The lowest BCUT2D eigenvalue weighted by molar-refractivity contribution is 0.0740. The van der Waals surface area contributed by atoms with E-state index in [0.29, 0.717) is 24.5 Å². The summed E-state index contributed by atoms with van der Waals surface area (Å²) in [6.07, 6.45) is 6.31. The Kier molecular flexibility index (Phi) is 8.73. The highest BCUT2D eigenvalue weighted by atomic mass is 35.5. The maximum Gasteiger partial charge on any atom is 0.284 e. The second-order valence-corrected chi connectivity index (χ2v) is 6.20. The van der Waals surface area contributed by atoms with E-state index in [0.717, 1.165) is 24.2 Å². The third kappa shape index (κ3) is 6.15. The summed E-state index contributed by atoms with van der Waals surface area (Å²) < 4.78 is 0.276. The first kappa shape index (κ1) is 17.3. The normalized spacial score (nSPS) is 10.8. The molecule has 0 atom stereocenters. The Hall–Kier alpha value is -0.720. The Bertz CT molecular complexity index is 401. The third-order valence-electron chi connectivity index (χ3n) is 2.99. The zero-order valence-corrected chi connectivity index (χ0v) is 13.4. The van der Waals surface area contributed by atoms with Crippen LogP contribution in [0.25, 0.3) is 0 Å². The van der Waals surface area contributed by atoms with Crippen molar-refractivity contribution in [2.24, 2.45) is 0 Å². The van der Waals surface area contributed by atoms with Crippen LogP contribution < -0.4 is 0 Å². The van der Waals surface area contributed by atoms with Crippen molar-refractivity contribution in [1.29, 1.82) is 0 Å². The molecule has 1 N–H and O–H groups in total. The molecule has 0 spiro atoms. The number of aliphatic hydroxyl groups excluding tert-OH is 1. The first-order valence-electron chi connectivity index (χ1n) is 7.08. The van der Waals surface area contributed by atoms with E-state index in [1.807, 2.05) is 0 Å². The first-order valence-corrected chi connectivity index (χ1v) is 8.27. The number of hydrogen-bond donors (Lipinski definition) is 1. The van der Waals surface area contributed by atoms with E-state index in [9.17, 15) is 4.79 Å². The molecule has 0 bridgehead atoms. The van der Waals surface area contributed by atoms with Crippen LogP contribution in [-0.2, 0) is 0 Å². The summed E-state index contributed by atoms with van der Waals surface area (Å²) in [6.45, 7) is 3.49. The van der Waals surface area contributed by atoms with Crippen LogP contribution in [0.2, 0.25) is 4.47 Å². The second kappa shape index (κ2) is 10.1. The number of nitrogens with zero attached hydrogens (tertiary/aromatic N) is 3. The van der Waals surface area contributed by atoms with Gasteiger partial charge in [-0.2, -0.15) is 0 Å². The molecule has 0 aromatic carbocycles. The van der Waals surface area contributed by atoms with Gasteiger partial charge in [0.1, 0.15) is 0 Å². The maximum atomic E-state index is 12.3. The van der Waals surface area contributed by atoms with Gasteiger partial charge in [-0.15, -0.1) is 10.2 Å². The van der Waals surface area contributed by atoms with Crippen molar-refractivity contribution in [2.45, 2.75) is 45.4 Å². The van der Waals surface area contributed by atoms with Gasteiger partial charge in [0.05, 0.1) is 0 Å². The van der Waals surface area contributed by atoms with Crippen LogP contribution >= 0.6 is 22.9 Å². The van der Waals surface area contributed by atoms with E-state index >= 15 is 0 Å². The number of carbonyl (C=O) groups is 1. The third-order valence-corrected chi connectivity index (χ3v) is 3.99. The Balaban J connectivity index is 2.47. The Morgan fingerprint density at radius 2 is 1.90 bits per heavy atom. The molecule has 20 heavy (non-hydrogen) atoms. The van der Waals surface area contributed by atoms with Gasteiger partial charge in [0.2, 0.25) is 9.47 Å². The van der Waals surface area contributed by atoms with Crippen molar-refractivity contribution >= 4 is 28.8 Å². The van der Waals surface area contributed by atoms with Crippen molar-refractivity contribution < 1.29 is 9.90 Å². The van der Waals surface area contributed by atoms with Gasteiger partial charge in [-0.25, -0.2) is 0 Å². The quantitative estimate of drug-likeness (QED) is 0.673. The van der Waals surface area contributed by atoms with Crippen LogP contribution in [0.1, 0.15) is 55.3 Å². The smallest absolute Gasteiger partial charge is 0.284 e. The van der Waals surface area contributed by atoms with Gasteiger partial charge in [0, 0.05) is 19.7 Å². The fraction of sp³-hybridized carbons (Fsp3) is 0.769. The van der Waals surface area contributed by atoms with Gasteiger partial charge in [-0.1, -0.05) is 43.9 Å². The van der Waals surface area contributed by atoms with E-state index in [4.69, 9.17) is 16.7 Å². The standard InChI is InChI=1S/C13H22ClN3O2S/c1-2-3-4-5-6-8-17(9-7-10-18)12(19)11-15-16-13(14)20-11/h18H,2-10H2,1H3. The number of halogens is 1. The minimum Gasteiger partial charge on any atom is -0.396 e. The van der Waals surface area contributed by atoms with Crippen LogP contribution in [0, 0.1) is 0 Å². The molecule has 0 aliphatic rings. The van der Waals surface area contributed by atoms with Crippen molar-refractivity contribution in [3.05, 3.63) is 9.47 Å². The van der Waals surface area contributed by atoms with E-state index in [-0.39, 0.29) is 17.0 Å². The minimum atomic E-state index is -0.140. The zero-order chi connectivity index (χ0) is 14.8. The number of hydrogen-bond acceptors (Lipinski definition) is 5. The average Bonchev–Trinajstić information content (AvgIpc) is 2.88. The highest BCUT2D eigenvalue weighted by molar-refractivity contribution is 7.17. The van der Waals surface area contributed by atoms with Gasteiger partial charge >= 0.3 is 0 Å². The maximum absolute atomic E-state index is 12.3. The van der Waals surface area contributed by atoms with Crippen LogP contribution in [0.3, 0.4) is 0 Å². The molecule has 0 saturated heterocycles. The van der Waals surface area contributed by atoms with Gasteiger partial charge in [0.15, 0.2) is 0 Å². The summed E-state index contributed by atoms with van der Waals surface area (Å²) in [5.74, 6) is -0.140. The van der Waals surface area contributed by atoms with Crippen LogP contribution in [0.5, 0.6) is 0 Å². The molecular formula is C13H22ClN3O2S. The summed E-state index contributed by atoms with van der Waals surface area (Å²) >= 11 is 6.80. The van der Waals surface area contributed by atoms with Crippen LogP contribution in [-0.4, -0.2) is 45.8 Å². The lowest BCUT2D eigenvalue weighted by atomic mass is 10.1. The number of amides is 1. The van der Waals surface area contributed by atoms with Crippen LogP contribution in [0.4, 0.5) is 0 Å². The predicted octanol–water partition coefficient (Wildman–Crippen LogP) is 2.99. The van der Waals surface area contributed by atoms with Gasteiger partial charge in [0.25, 0.3) is 5.91 Å². The monoisotopic (exact) mass is 319 g/mol. The Labute approximate surface area is 129 Å². The highest BCUT2D eigenvalue weighted by Gasteiger charge is 2.19. The zero-order valence-electron chi connectivity index (χ0n) is 11.8. The molecule has 1 aromatic heterocycles. The number of unbranched alkanes of at least 4 members (excludes halogenated alkanes) is 4. The van der Waals surface area contributed by atoms with Crippen molar-refractivity contribution in [3.63, 3.8) is 0 Å². The van der Waals surface area contributed by atoms with Gasteiger partial charge < -0.3 is 10.0 Å². The molecule has 7 heteroatoms. The van der Waals surface area contributed by atoms with Crippen molar-refractivity contribution in [3.8, 4) is 0 Å². The number of carbonyl (C=O) groups excluding carboxylic acids is 1. The lowest BCUT2D eigenvalue weighted by Gasteiger charge is -2.21. The average molecular weight is 320 g/mol. The minimum absolute atomic E-state index is 0.0799. The molecule has 1 aromatic rings. The summed E-state index contributed by atoms with van der Waals surface area (Å²) in [6, 6.07) is 0. The Morgan fingerprint density at radius 3 is 2.50 bits per heavy atom. The lowest BCUT2D eigenvalue weighted by Crippen LogP contribution is -2.33. The molecule has 0 aliphatic heterocycles. The largest absolute Gasteiger partial charge is 0.396 e. The molecule has 0 unspecified atom stereocenters. The predicted molar refractivity (Wildman–Crippen MR) is 81.3 cm³/mol. The molecule has 5 nitrogen and oxygen atoms in total. The SMILES string of the molecule is CCCCCCCN(CCCO)C(=O)c1nnc(Cl)s1. The van der Waals surface area contributed by atoms with E-state index < -0.39 is 0 Å². The topological polar surface area (TPSA) is 66.3 Å². The molecule has 1 heterocycles. The van der Waals surface area contributed by atoms with Gasteiger partial charge in [-0.05, 0) is 24.4 Å². The molecule has 0 radical (unpaired) electrons. The summed E-state index contributed by atoms with van der Waals surface area (Å²) in [4.78, 5) is 14.0. The fourth-order valence-corrected chi connectivity index (χ4v) is 2.71. The summed E-state index contributed by atoms with van der Waals surface area (Å²) in [7, 11) is 0. The van der Waals surface area contributed by atoms with Crippen molar-refractivity contribution in [1.82, 2.24) is 15.1 Å². The van der Waals surface area contributed by atoms with Crippen molar-refractivity contribution in [2.75, 3.05) is 19.7 Å². The number of rotatable bonds is 10. The first-order chi connectivity index (χ1) is 9.69. The summed E-state index contributed by atoms with van der Waals surface area (Å²) in [5.41, 5.74) is 0. The molecule has 0 aliphatic carbocycles. The Morgan fingerprint density at radius 1 is 1.20 bits per heavy atom. The molecular weight excluding hydrogens is 298 g/mol. The fourth-order valence-electron chi connectivity index (χ4n) is 1.91. The van der Waals surface area contributed by atoms with E-state index in [2.05, 4.69) is 17.1 Å². The van der Waals surface area contributed by atoms with E-state index in [1.165, 1.54) is 19.3 Å².